The van der Waals surface area contributed by atoms with Crippen LogP contribution in [-0.2, 0) is 22.0 Å². The number of rotatable bonds is 8. The van der Waals surface area contributed by atoms with E-state index in [1.807, 2.05) is 11.8 Å². The molecule has 1 rings (SSSR count). The zero-order valence-corrected chi connectivity index (χ0v) is 12.1. The third kappa shape index (κ3) is 5.69. The van der Waals surface area contributed by atoms with E-state index in [4.69, 9.17) is 5.11 Å². The third-order valence-corrected chi connectivity index (χ3v) is 4.81. The number of thioether (sulfide) groups is 1. The fraction of sp³-hybridized carbons (Fsp3) is 0.462. The van der Waals surface area contributed by atoms with Crippen molar-refractivity contribution in [2.75, 3.05) is 17.3 Å². The Morgan fingerprint density at radius 2 is 2.00 bits per heavy atom. The molecule has 1 N–H and O–H groups in total. The highest BCUT2D eigenvalue weighted by Gasteiger charge is 2.05. The first-order valence-corrected chi connectivity index (χ1v) is 8.37. The van der Waals surface area contributed by atoms with Crippen LogP contribution in [0.25, 0.3) is 0 Å². The number of hydrogen-bond acceptors (Lipinski definition) is 3. The van der Waals surface area contributed by atoms with Crippen LogP contribution in [-0.4, -0.2) is 32.5 Å². The highest BCUT2D eigenvalue weighted by atomic mass is 32.2. The van der Waals surface area contributed by atoms with Crippen LogP contribution in [0.15, 0.2) is 29.2 Å². The molecule has 0 saturated carbocycles. The van der Waals surface area contributed by atoms with Gasteiger partial charge in [-0.1, -0.05) is 19.1 Å². The van der Waals surface area contributed by atoms with Gasteiger partial charge in [0.1, 0.15) is 0 Å². The van der Waals surface area contributed by atoms with Crippen LogP contribution in [0.5, 0.6) is 0 Å². The van der Waals surface area contributed by atoms with Gasteiger partial charge in [-0.05, 0) is 35.6 Å². The van der Waals surface area contributed by atoms with E-state index in [9.17, 15) is 9.00 Å². The van der Waals surface area contributed by atoms with Crippen LogP contribution >= 0.6 is 11.8 Å². The molecule has 0 aliphatic heterocycles. The van der Waals surface area contributed by atoms with Crippen molar-refractivity contribution in [1.29, 1.82) is 0 Å². The summed E-state index contributed by atoms with van der Waals surface area (Å²) in [4.78, 5) is 11.3. The van der Waals surface area contributed by atoms with Gasteiger partial charge in [0.25, 0.3) is 0 Å². The predicted molar refractivity (Wildman–Crippen MR) is 76.7 cm³/mol. The minimum atomic E-state index is -0.969. The summed E-state index contributed by atoms with van der Waals surface area (Å²) in [5.74, 6) is 1.96. The van der Waals surface area contributed by atoms with E-state index in [2.05, 4.69) is 6.92 Å². The third-order valence-electron chi connectivity index (χ3n) is 2.36. The van der Waals surface area contributed by atoms with E-state index in [0.29, 0.717) is 5.75 Å². The molecule has 0 heterocycles. The fourth-order valence-corrected chi connectivity index (χ4v) is 3.39. The van der Waals surface area contributed by atoms with Crippen LogP contribution in [0.2, 0.25) is 0 Å². The number of carboxylic acids is 1. The molecule has 0 aromatic heterocycles. The van der Waals surface area contributed by atoms with E-state index in [1.54, 1.807) is 24.3 Å². The Labute approximate surface area is 114 Å². The van der Waals surface area contributed by atoms with Gasteiger partial charge in [-0.2, -0.15) is 11.8 Å². The largest absolute Gasteiger partial charge is 0.481 e. The molecule has 18 heavy (non-hydrogen) atoms. The summed E-state index contributed by atoms with van der Waals surface area (Å²) in [5, 5.41) is 8.65. The maximum Gasteiger partial charge on any atom is 0.307 e. The minimum Gasteiger partial charge on any atom is -0.481 e. The summed E-state index contributed by atoms with van der Waals surface area (Å²) in [6.07, 6.45) is 0.960. The van der Waals surface area contributed by atoms with Gasteiger partial charge in [-0.25, -0.2) is 0 Å². The molecule has 0 fully saturated rings. The molecule has 100 valence electrons. The molecule has 0 aliphatic carbocycles. The normalized spacial score (nSPS) is 12.3. The molecule has 3 nitrogen and oxygen atoms in total. The van der Waals surface area contributed by atoms with Crippen molar-refractivity contribution in [3.63, 3.8) is 0 Å². The summed E-state index contributed by atoms with van der Waals surface area (Å²) >= 11 is 1.85. The molecule has 1 aromatic rings. The molecule has 5 heteroatoms. The average molecular weight is 286 g/mol. The van der Waals surface area contributed by atoms with Crippen molar-refractivity contribution < 1.29 is 14.1 Å². The Morgan fingerprint density at radius 3 is 2.56 bits per heavy atom. The van der Waals surface area contributed by atoms with Gasteiger partial charge in [0.05, 0.1) is 17.2 Å². The van der Waals surface area contributed by atoms with Crippen LogP contribution in [0.3, 0.4) is 0 Å². The number of carboxylic acid groups (broad SMARTS) is 1. The Kier molecular flexibility index (Phi) is 7.05. The van der Waals surface area contributed by atoms with E-state index in [-0.39, 0.29) is 6.42 Å². The maximum absolute atomic E-state index is 11.9. The standard InChI is InChI=1S/C13H18O3S2/c1-2-17-8-3-9-18(16)12-6-4-11(5-7-12)10-13(14)15/h4-7H,2-3,8-10H2,1H3,(H,14,15). The molecule has 1 atom stereocenters. The van der Waals surface area contributed by atoms with Crippen molar-refractivity contribution in [3.8, 4) is 0 Å². The Hall–Kier alpha value is -0.810. The van der Waals surface area contributed by atoms with Gasteiger partial charge in [0, 0.05) is 10.6 Å². The first-order valence-electron chi connectivity index (χ1n) is 5.90. The predicted octanol–water partition coefficient (Wildman–Crippen LogP) is 2.56. The first kappa shape index (κ1) is 15.2. The van der Waals surface area contributed by atoms with Gasteiger partial charge < -0.3 is 5.11 Å². The zero-order chi connectivity index (χ0) is 13.4. The Balaban J connectivity index is 2.46. The van der Waals surface area contributed by atoms with Gasteiger partial charge in [-0.3, -0.25) is 9.00 Å². The summed E-state index contributed by atoms with van der Waals surface area (Å²) in [7, 11) is -0.969. The molecular formula is C13H18O3S2. The molecular weight excluding hydrogens is 268 g/mol. The Morgan fingerprint density at radius 1 is 1.33 bits per heavy atom. The highest BCUT2D eigenvalue weighted by molar-refractivity contribution is 7.99. The van der Waals surface area contributed by atoms with Crippen molar-refractivity contribution in [2.24, 2.45) is 0 Å². The molecule has 0 spiro atoms. The Bertz CT molecular complexity index is 401. The summed E-state index contributed by atoms with van der Waals surface area (Å²) in [6.45, 7) is 2.11. The average Bonchev–Trinajstić information content (AvgIpc) is 2.34. The molecule has 0 amide bonds. The van der Waals surface area contributed by atoms with Gasteiger partial charge >= 0.3 is 5.97 Å². The van der Waals surface area contributed by atoms with Crippen molar-refractivity contribution in [3.05, 3.63) is 29.8 Å². The molecule has 1 unspecified atom stereocenters. The summed E-state index contributed by atoms with van der Waals surface area (Å²) in [6, 6.07) is 7.01. The first-order chi connectivity index (χ1) is 8.63. The van der Waals surface area contributed by atoms with Crippen LogP contribution in [0.1, 0.15) is 18.9 Å². The molecule has 0 bridgehead atoms. The fourth-order valence-electron chi connectivity index (χ4n) is 1.49. The van der Waals surface area contributed by atoms with E-state index < -0.39 is 16.8 Å². The smallest absolute Gasteiger partial charge is 0.307 e. The monoisotopic (exact) mass is 286 g/mol. The SMILES string of the molecule is CCSCCCS(=O)c1ccc(CC(=O)O)cc1. The lowest BCUT2D eigenvalue weighted by atomic mass is 10.2. The zero-order valence-electron chi connectivity index (χ0n) is 10.4. The van der Waals surface area contributed by atoms with Crippen molar-refractivity contribution in [1.82, 2.24) is 0 Å². The van der Waals surface area contributed by atoms with Crippen molar-refractivity contribution in [2.45, 2.75) is 24.7 Å². The van der Waals surface area contributed by atoms with Crippen LogP contribution < -0.4 is 0 Å². The lowest BCUT2D eigenvalue weighted by molar-refractivity contribution is -0.136. The van der Waals surface area contributed by atoms with E-state index in [1.165, 1.54) is 0 Å². The maximum atomic E-state index is 11.9. The van der Waals surface area contributed by atoms with Gasteiger partial charge in [-0.15, -0.1) is 0 Å². The molecule has 0 aliphatic rings. The lowest BCUT2D eigenvalue weighted by Gasteiger charge is -2.03. The number of benzene rings is 1. The quantitative estimate of drug-likeness (QED) is 0.746. The second-order valence-electron chi connectivity index (χ2n) is 3.81. The highest BCUT2D eigenvalue weighted by Crippen LogP contribution is 2.11. The minimum absolute atomic E-state index is 0.0139. The van der Waals surface area contributed by atoms with Gasteiger partial charge in [0.15, 0.2) is 0 Å². The lowest BCUT2D eigenvalue weighted by Crippen LogP contribution is -2.02. The summed E-state index contributed by atoms with van der Waals surface area (Å²) < 4.78 is 11.9. The summed E-state index contributed by atoms with van der Waals surface area (Å²) in [5.41, 5.74) is 0.741. The number of carbonyl (C=O) groups is 1. The second kappa shape index (κ2) is 8.32. The molecule has 1 aromatic carbocycles. The number of hydrogen-bond donors (Lipinski definition) is 1. The topological polar surface area (TPSA) is 54.4 Å². The number of aliphatic carboxylic acids is 1. The molecule has 0 radical (unpaired) electrons. The molecule has 0 saturated heterocycles. The van der Waals surface area contributed by atoms with Crippen molar-refractivity contribution >= 4 is 28.5 Å². The van der Waals surface area contributed by atoms with Crippen LogP contribution in [0, 0.1) is 0 Å². The van der Waals surface area contributed by atoms with Crippen LogP contribution in [0.4, 0.5) is 0 Å². The van der Waals surface area contributed by atoms with E-state index in [0.717, 1.165) is 28.4 Å². The second-order valence-corrected chi connectivity index (χ2v) is 6.78. The van der Waals surface area contributed by atoms with Gasteiger partial charge in [0.2, 0.25) is 0 Å². The van der Waals surface area contributed by atoms with E-state index >= 15 is 0 Å².